The molecule has 8 nitrogen and oxygen atoms in total. The third kappa shape index (κ3) is 4.99. The molecule has 1 saturated heterocycles. The molecule has 1 fully saturated rings. The summed E-state index contributed by atoms with van der Waals surface area (Å²) in [6.07, 6.45) is -0.711. The van der Waals surface area contributed by atoms with Gasteiger partial charge in [-0.25, -0.2) is 19.0 Å². The lowest BCUT2D eigenvalue weighted by atomic mass is 10.2. The fraction of sp³-hybridized carbons (Fsp3) is 0.538. The third-order valence-electron chi connectivity index (χ3n) is 3.75. The molecule has 0 spiro atoms. The van der Waals surface area contributed by atoms with E-state index in [2.05, 4.69) is 15.2 Å². The van der Waals surface area contributed by atoms with Crippen molar-refractivity contribution in [1.82, 2.24) is 15.2 Å². The van der Waals surface area contributed by atoms with Crippen LogP contribution in [0.4, 0.5) is 0 Å². The summed E-state index contributed by atoms with van der Waals surface area (Å²) < 4.78 is 22.4. The Morgan fingerprint density at radius 2 is 1.68 bits per heavy atom. The molecule has 1 aromatic carbocycles. The van der Waals surface area contributed by atoms with Crippen LogP contribution in [0.2, 0.25) is 0 Å². The number of piperazine rings is 1. The van der Waals surface area contributed by atoms with Crippen LogP contribution in [0.25, 0.3) is 0 Å². The van der Waals surface area contributed by atoms with Crippen molar-refractivity contribution >= 4 is 10.0 Å². The zero-order chi connectivity index (χ0) is 16.2. The van der Waals surface area contributed by atoms with E-state index >= 15 is 0 Å². The van der Waals surface area contributed by atoms with E-state index in [0.717, 1.165) is 38.3 Å². The van der Waals surface area contributed by atoms with Crippen LogP contribution in [0.15, 0.2) is 29.2 Å². The van der Waals surface area contributed by atoms with Gasteiger partial charge in [-0.05, 0) is 17.7 Å². The molecule has 22 heavy (non-hydrogen) atoms. The van der Waals surface area contributed by atoms with Gasteiger partial charge in [0.2, 0.25) is 10.0 Å². The first-order valence-corrected chi connectivity index (χ1v) is 8.64. The number of β-amino-alcohol motifs (C(OH)–C–C–N with tert-alkyl or cyclic N) is 1. The van der Waals surface area contributed by atoms with Gasteiger partial charge >= 0.3 is 0 Å². The molecule has 9 heteroatoms. The quantitative estimate of drug-likeness (QED) is 0.277. The highest BCUT2D eigenvalue weighted by molar-refractivity contribution is 7.89. The summed E-state index contributed by atoms with van der Waals surface area (Å²) in [7, 11) is -3.63. The fourth-order valence-electron chi connectivity index (χ4n) is 2.47. The summed E-state index contributed by atoms with van der Waals surface area (Å²) in [6, 6.07) is 6.64. The number of hydrogen-bond donors (Lipinski definition) is 4. The van der Waals surface area contributed by atoms with Crippen molar-refractivity contribution in [3.05, 3.63) is 29.8 Å². The van der Waals surface area contributed by atoms with Crippen molar-refractivity contribution in [2.45, 2.75) is 17.7 Å². The molecule has 0 amide bonds. The first kappa shape index (κ1) is 17.3. The molecule has 0 radical (unpaired) electrons. The summed E-state index contributed by atoms with van der Waals surface area (Å²) in [4.78, 5) is 4.56. The van der Waals surface area contributed by atoms with E-state index in [1.54, 1.807) is 12.1 Å². The number of nitrogens with zero attached hydrogens (tertiary/aromatic N) is 2. The van der Waals surface area contributed by atoms with Gasteiger partial charge < -0.3 is 5.11 Å². The highest BCUT2D eigenvalue weighted by atomic mass is 32.2. The predicted molar refractivity (Wildman–Crippen MR) is 82.9 cm³/mol. The zero-order valence-corrected chi connectivity index (χ0v) is 13.2. The monoisotopic (exact) mass is 329 g/mol. The Hall–Kier alpha value is -1.07. The molecule has 0 aliphatic carbocycles. The summed E-state index contributed by atoms with van der Waals surface area (Å²) >= 11 is 0. The standard InChI is InChI=1S/C13H23N5O3S/c14-16-13(19)10-18-7-5-17(6-8-18)9-11-1-3-12(4-2-11)22(15,20)21/h1-4,13,16,19H,5-10,14H2,(H2,15,20,21). The average Bonchev–Trinajstić information content (AvgIpc) is 2.49. The highest BCUT2D eigenvalue weighted by Gasteiger charge is 2.19. The van der Waals surface area contributed by atoms with Crippen LogP contribution in [0.3, 0.4) is 0 Å². The Bertz CT molecular complexity index is 570. The van der Waals surface area contributed by atoms with E-state index in [1.165, 1.54) is 12.1 Å². The topological polar surface area (TPSA) is 125 Å². The van der Waals surface area contributed by atoms with Crippen molar-refractivity contribution in [2.75, 3.05) is 32.7 Å². The molecule has 0 saturated carbocycles. The van der Waals surface area contributed by atoms with Crippen LogP contribution in [0.5, 0.6) is 0 Å². The maximum absolute atomic E-state index is 11.2. The van der Waals surface area contributed by atoms with Crippen LogP contribution in [-0.2, 0) is 16.6 Å². The molecule has 0 bridgehead atoms. The van der Waals surface area contributed by atoms with E-state index in [0.29, 0.717) is 6.54 Å². The summed E-state index contributed by atoms with van der Waals surface area (Å²) in [5.74, 6) is 5.17. The van der Waals surface area contributed by atoms with Crippen LogP contribution in [0.1, 0.15) is 5.56 Å². The number of aliphatic hydroxyl groups is 1. The molecule has 1 aliphatic rings. The van der Waals surface area contributed by atoms with Gasteiger partial charge in [0.25, 0.3) is 0 Å². The fourth-order valence-corrected chi connectivity index (χ4v) is 2.99. The Kier molecular flexibility index (Phi) is 5.87. The third-order valence-corrected chi connectivity index (χ3v) is 4.68. The van der Waals surface area contributed by atoms with Crippen LogP contribution >= 0.6 is 0 Å². The van der Waals surface area contributed by atoms with Gasteiger partial charge in [-0.1, -0.05) is 12.1 Å². The van der Waals surface area contributed by atoms with E-state index in [9.17, 15) is 13.5 Å². The summed E-state index contributed by atoms with van der Waals surface area (Å²) in [5.41, 5.74) is 3.37. The molecular weight excluding hydrogens is 306 g/mol. The second kappa shape index (κ2) is 7.47. The van der Waals surface area contributed by atoms with Crippen molar-refractivity contribution in [1.29, 1.82) is 0 Å². The van der Waals surface area contributed by atoms with Crippen molar-refractivity contribution in [3.63, 3.8) is 0 Å². The van der Waals surface area contributed by atoms with Crippen molar-refractivity contribution in [2.24, 2.45) is 11.0 Å². The van der Waals surface area contributed by atoms with Crippen LogP contribution in [0, 0.1) is 0 Å². The zero-order valence-electron chi connectivity index (χ0n) is 12.4. The van der Waals surface area contributed by atoms with Gasteiger partial charge in [-0.15, -0.1) is 0 Å². The molecule has 1 aliphatic heterocycles. The molecule has 1 heterocycles. The minimum Gasteiger partial charge on any atom is -0.376 e. The lowest BCUT2D eigenvalue weighted by Crippen LogP contribution is -2.51. The minimum absolute atomic E-state index is 0.129. The number of hydrazine groups is 1. The number of nitrogens with one attached hydrogen (secondary N) is 1. The number of sulfonamides is 1. The Balaban J connectivity index is 1.83. The molecule has 0 aromatic heterocycles. The van der Waals surface area contributed by atoms with Crippen molar-refractivity contribution < 1.29 is 13.5 Å². The van der Waals surface area contributed by atoms with E-state index in [1.807, 2.05) is 0 Å². The SMILES string of the molecule is NNC(O)CN1CCN(Cc2ccc(S(N)(=O)=O)cc2)CC1. The van der Waals surface area contributed by atoms with Gasteiger partial charge in [0.05, 0.1) is 4.90 Å². The van der Waals surface area contributed by atoms with Gasteiger partial charge in [-0.3, -0.25) is 15.6 Å². The first-order valence-electron chi connectivity index (χ1n) is 7.09. The number of hydrogen-bond acceptors (Lipinski definition) is 7. The first-order chi connectivity index (χ1) is 10.4. The molecule has 1 unspecified atom stereocenters. The normalized spacial score (nSPS) is 19.2. The average molecular weight is 329 g/mol. The number of rotatable bonds is 6. The van der Waals surface area contributed by atoms with E-state index in [4.69, 9.17) is 11.0 Å². The number of aliphatic hydroxyl groups excluding tert-OH is 1. The van der Waals surface area contributed by atoms with Gasteiger partial charge in [0, 0.05) is 39.3 Å². The second-order valence-electron chi connectivity index (χ2n) is 5.45. The predicted octanol–water partition coefficient (Wildman–Crippen LogP) is -1.77. The molecule has 2 rings (SSSR count). The van der Waals surface area contributed by atoms with Crippen LogP contribution < -0.4 is 16.4 Å². The second-order valence-corrected chi connectivity index (χ2v) is 7.01. The largest absolute Gasteiger partial charge is 0.376 e. The maximum atomic E-state index is 11.2. The van der Waals surface area contributed by atoms with Gasteiger partial charge in [0.1, 0.15) is 6.23 Å². The van der Waals surface area contributed by atoms with Gasteiger partial charge in [0.15, 0.2) is 0 Å². The molecule has 1 aromatic rings. The Morgan fingerprint density at radius 1 is 1.14 bits per heavy atom. The Labute approximate surface area is 130 Å². The molecule has 6 N–H and O–H groups in total. The highest BCUT2D eigenvalue weighted by Crippen LogP contribution is 2.12. The van der Waals surface area contributed by atoms with Crippen molar-refractivity contribution in [3.8, 4) is 0 Å². The molecular formula is C13H23N5O3S. The number of nitrogens with two attached hydrogens (primary N) is 2. The van der Waals surface area contributed by atoms with E-state index in [-0.39, 0.29) is 4.90 Å². The summed E-state index contributed by atoms with van der Waals surface area (Å²) in [6.45, 7) is 4.74. The number of primary sulfonamides is 1. The smallest absolute Gasteiger partial charge is 0.238 e. The van der Waals surface area contributed by atoms with E-state index < -0.39 is 16.3 Å². The maximum Gasteiger partial charge on any atom is 0.238 e. The minimum atomic E-state index is -3.63. The lowest BCUT2D eigenvalue weighted by molar-refractivity contribution is 0.0540. The summed E-state index contributed by atoms with van der Waals surface area (Å²) in [5, 5.41) is 14.5. The lowest BCUT2D eigenvalue weighted by Gasteiger charge is -2.35. The van der Waals surface area contributed by atoms with Crippen LogP contribution in [-0.4, -0.2) is 62.3 Å². The number of benzene rings is 1. The molecule has 124 valence electrons. The molecule has 1 atom stereocenters. The Morgan fingerprint density at radius 3 is 2.18 bits per heavy atom. The van der Waals surface area contributed by atoms with Gasteiger partial charge in [-0.2, -0.15) is 0 Å².